The van der Waals surface area contributed by atoms with Gasteiger partial charge in [0.05, 0.1) is 27.7 Å². The Kier molecular flexibility index (Phi) is 4.68. The van der Waals surface area contributed by atoms with Crippen LogP contribution in [0.5, 0.6) is 0 Å². The maximum atomic E-state index is 13.2. The van der Waals surface area contributed by atoms with E-state index in [1.165, 1.54) is 19.3 Å². The molecule has 4 nitrogen and oxygen atoms in total. The fraction of sp³-hybridized carbons (Fsp3) is 0.600. The third-order valence-corrected chi connectivity index (χ3v) is 7.08. The smallest absolute Gasteiger partial charge is 0.244 e. The molecule has 0 heterocycles. The molecule has 4 aliphatic rings. The number of amides is 2. The summed E-state index contributed by atoms with van der Waals surface area (Å²) in [5.74, 6) is 1.97. The summed E-state index contributed by atoms with van der Waals surface area (Å²) >= 11 is 12.2. The highest BCUT2D eigenvalue weighted by Crippen LogP contribution is 2.60. The first-order valence-electron chi connectivity index (χ1n) is 9.36. The molecule has 4 aliphatic carbocycles. The molecular weight excluding hydrogens is 371 g/mol. The Morgan fingerprint density at radius 2 is 1.58 bits per heavy atom. The van der Waals surface area contributed by atoms with Crippen LogP contribution < -0.4 is 5.32 Å². The van der Waals surface area contributed by atoms with Gasteiger partial charge < -0.3 is 10.2 Å². The molecule has 140 valence electrons. The van der Waals surface area contributed by atoms with Crippen LogP contribution in [0.15, 0.2) is 18.2 Å². The van der Waals surface area contributed by atoms with Crippen molar-refractivity contribution in [2.24, 2.45) is 23.2 Å². The molecule has 0 saturated heterocycles. The van der Waals surface area contributed by atoms with Gasteiger partial charge in [0.1, 0.15) is 0 Å². The number of anilines is 1. The van der Waals surface area contributed by atoms with E-state index in [1.807, 2.05) is 0 Å². The molecular formula is C20H24Cl2N2O2. The third-order valence-electron chi connectivity index (χ3n) is 6.45. The van der Waals surface area contributed by atoms with E-state index in [1.54, 1.807) is 30.1 Å². The first-order chi connectivity index (χ1) is 12.4. The fourth-order valence-corrected chi connectivity index (χ4v) is 6.35. The van der Waals surface area contributed by atoms with Crippen LogP contribution in [0.4, 0.5) is 5.69 Å². The van der Waals surface area contributed by atoms with E-state index in [4.69, 9.17) is 23.2 Å². The van der Waals surface area contributed by atoms with Crippen molar-refractivity contribution in [1.82, 2.24) is 4.90 Å². The minimum absolute atomic E-state index is 0.0160. The third kappa shape index (κ3) is 3.22. The molecule has 1 aromatic rings. The number of halogens is 2. The van der Waals surface area contributed by atoms with Crippen molar-refractivity contribution in [3.05, 3.63) is 28.2 Å². The zero-order chi connectivity index (χ0) is 18.5. The first-order valence-corrected chi connectivity index (χ1v) is 10.1. The van der Waals surface area contributed by atoms with Crippen molar-refractivity contribution in [2.75, 3.05) is 18.9 Å². The number of rotatable bonds is 4. The lowest BCUT2D eigenvalue weighted by molar-refractivity contribution is -0.157. The summed E-state index contributed by atoms with van der Waals surface area (Å²) in [6.07, 6.45) is 6.88. The highest BCUT2D eigenvalue weighted by molar-refractivity contribution is 6.39. The Morgan fingerprint density at radius 1 is 1.08 bits per heavy atom. The standard InChI is InChI=1S/C20H24Cl2N2O2/c1-24(11-17(25)23-18-15(21)3-2-4-16(18)22)19(26)20-8-12-5-13(9-20)7-14(6-12)10-20/h2-4,12-14H,5-11H2,1H3,(H,23,25). The lowest BCUT2D eigenvalue weighted by Gasteiger charge is -2.56. The van der Waals surface area contributed by atoms with Crippen molar-refractivity contribution >= 4 is 40.7 Å². The van der Waals surface area contributed by atoms with Gasteiger partial charge in [-0.1, -0.05) is 29.3 Å². The Morgan fingerprint density at radius 3 is 2.08 bits per heavy atom. The summed E-state index contributed by atoms with van der Waals surface area (Å²) in [6, 6.07) is 5.07. The molecule has 6 heteroatoms. The molecule has 4 saturated carbocycles. The van der Waals surface area contributed by atoms with Gasteiger partial charge >= 0.3 is 0 Å². The Balaban J connectivity index is 1.42. The number of carbonyl (C=O) groups excluding carboxylic acids is 2. The average molecular weight is 395 g/mol. The van der Waals surface area contributed by atoms with Gasteiger partial charge in [-0.2, -0.15) is 0 Å². The number of hydrogen-bond donors (Lipinski definition) is 1. The van der Waals surface area contributed by atoms with Gasteiger partial charge in [0.2, 0.25) is 11.8 Å². The normalized spacial score (nSPS) is 31.7. The van der Waals surface area contributed by atoms with Crippen LogP contribution in [0, 0.1) is 23.2 Å². The van der Waals surface area contributed by atoms with E-state index in [-0.39, 0.29) is 23.8 Å². The quantitative estimate of drug-likeness (QED) is 0.810. The molecule has 4 bridgehead atoms. The van der Waals surface area contributed by atoms with Crippen LogP contribution in [0.25, 0.3) is 0 Å². The lowest BCUT2D eigenvalue weighted by Crippen LogP contribution is -2.54. The van der Waals surface area contributed by atoms with E-state index in [0.29, 0.717) is 33.5 Å². The topological polar surface area (TPSA) is 49.4 Å². The zero-order valence-electron chi connectivity index (χ0n) is 14.9. The average Bonchev–Trinajstić information content (AvgIpc) is 2.56. The van der Waals surface area contributed by atoms with E-state index >= 15 is 0 Å². The van der Waals surface area contributed by atoms with Crippen LogP contribution in [-0.4, -0.2) is 30.3 Å². The van der Waals surface area contributed by atoms with Crippen molar-refractivity contribution < 1.29 is 9.59 Å². The second kappa shape index (κ2) is 6.72. The largest absolute Gasteiger partial charge is 0.336 e. The molecule has 1 N–H and O–H groups in total. The summed E-state index contributed by atoms with van der Waals surface area (Å²) in [7, 11) is 1.73. The van der Waals surface area contributed by atoms with Gasteiger partial charge in [-0.3, -0.25) is 9.59 Å². The molecule has 26 heavy (non-hydrogen) atoms. The summed E-state index contributed by atoms with van der Waals surface area (Å²) < 4.78 is 0. The highest BCUT2D eigenvalue weighted by Gasteiger charge is 2.55. The molecule has 0 aromatic heterocycles. The number of hydrogen-bond acceptors (Lipinski definition) is 2. The number of likely N-dealkylation sites (N-methyl/N-ethyl adjacent to an activating group) is 1. The predicted molar refractivity (Wildman–Crippen MR) is 103 cm³/mol. The molecule has 0 radical (unpaired) electrons. The van der Waals surface area contributed by atoms with E-state index in [9.17, 15) is 9.59 Å². The van der Waals surface area contributed by atoms with Gasteiger partial charge in [0, 0.05) is 7.05 Å². The maximum absolute atomic E-state index is 13.2. The van der Waals surface area contributed by atoms with Crippen LogP contribution >= 0.6 is 23.2 Å². The first kappa shape index (κ1) is 18.1. The number of benzene rings is 1. The van der Waals surface area contributed by atoms with Gasteiger partial charge in [0.25, 0.3) is 0 Å². The molecule has 0 unspecified atom stereocenters. The van der Waals surface area contributed by atoms with E-state index < -0.39 is 0 Å². The summed E-state index contributed by atoms with van der Waals surface area (Å²) in [6.45, 7) is 0.0160. The molecule has 5 rings (SSSR count). The summed E-state index contributed by atoms with van der Waals surface area (Å²) in [5.41, 5.74) is 0.169. The lowest BCUT2D eigenvalue weighted by atomic mass is 9.49. The van der Waals surface area contributed by atoms with Crippen molar-refractivity contribution in [2.45, 2.75) is 38.5 Å². The predicted octanol–water partition coefficient (Wildman–Crippen LogP) is 4.61. The SMILES string of the molecule is CN(CC(=O)Nc1c(Cl)cccc1Cl)C(=O)C12CC3CC(CC(C3)C1)C2. The molecule has 2 amide bonds. The van der Waals surface area contributed by atoms with Crippen LogP contribution in [0.1, 0.15) is 38.5 Å². The minimum Gasteiger partial charge on any atom is -0.336 e. The molecule has 1 aromatic carbocycles. The zero-order valence-corrected chi connectivity index (χ0v) is 16.4. The monoisotopic (exact) mass is 394 g/mol. The Labute approximate surface area is 164 Å². The number of carbonyl (C=O) groups is 2. The van der Waals surface area contributed by atoms with Crippen molar-refractivity contribution in [1.29, 1.82) is 0 Å². The van der Waals surface area contributed by atoms with Crippen molar-refractivity contribution in [3.8, 4) is 0 Å². The molecule has 0 atom stereocenters. The molecule has 0 aliphatic heterocycles. The number of para-hydroxylation sites is 1. The minimum atomic E-state index is -0.277. The van der Waals surface area contributed by atoms with E-state index in [2.05, 4.69) is 5.32 Å². The molecule has 0 spiro atoms. The Bertz CT molecular complexity index is 694. The van der Waals surface area contributed by atoms with Gasteiger partial charge in [-0.05, 0) is 68.4 Å². The summed E-state index contributed by atoms with van der Waals surface area (Å²) in [4.78, 5) is 27.2. The van der Waals surface area contributed by atoms with Crippen molar-refractivity contribution in [3.63, 3.8) is 0 Å². The second-order valence-electron chi connectivity index (χ2n) is 8.50. The van der Waals surface area contributed by atoms with E-state index in [0.717, 1.165) is 19.3 Å². The van der Waals surface area contributed by atoms with Crippen LogP contribution in [0.3, 0.4) is 0 Å². The maximum Gasteiger partial charge on any atom is 0.244 e. The highest BCUT2D eigenvalue weighted by atomic mass is 35.5. The van der Waals surface area contributed by atoms with Gasteiger partial charge in [-0.25, -0.2) is 0 Å². The Hall–Kier alpha value is -1.26. The second-order valence-corrected chi connectivity index (χ2v) is 9.32. The van der Waals surface area contributed by atoms with Crippen LogP contribution in [0.2, 0.25) is 10.0 Å². The number of nitrogens with one attached hydrogen (secondary N) is 1. The van der Waals surface area contributed by atoms with Crippen LogP contribution in [-0.2, 0) is 9.59 Å². The van der Waals surface area contributed by atoms with Gasteiger partial charge in [0.15, 0.2) is 0 Å². The molecule has 4 fully saturated rings. The number of nitrogens with zero attached hydrogens (tertiary/aromatic N) is 1. The van der Waals surface area contributed by atoms with Gasteiger partial charge in [-0.15, -0.1) is 0 Å². The fourth-order valence-electron chi connectivity index (χ4n) is 5.86. The summed E-state index contributed by atoms with van der Waals surface area (Å²) in [5, 5.41) is 3.52.